The number of β-amino-alcohol motifs (C(OH)–C–C–N with tert-alkyl or cyclic N) is 1. The summed E-state index contributed by atoms with van der Waals surface area (Å²) in [5, 5.41) is 10.2. The summed E-state index contributed by atoms with van der Waals surface area (Å²) in [5.74, 6) is 1.40. The highest BCUT2D eigenvalue weighted by Gasteiger charge is 2.31. The molecule has 176 valence electrons. The molecule has 3 rings (SSSR count). The zero-order valence-electron chi connectivity index (χ0n) is 18.1. The molecule has 1 N–H and O–H groups in total. The lowest BCUT2D eigenvalue weighted by Gasteiger charge is -2.37. The number of halogens is 3. The van der Waals surface area contributed by atoms with Crippen molar-refractivity contribution in [3.05, 3.63) is 54.1 Å². The van der Waals surface area contributed by atoms with Gasteiger partial charge in [-0.15, -0.1) is 0 Å². The molecule has 0 radical (unpaired) electrons. The molecule has 0 aromatic heterocycles. The van der Waals surface area contributed by atoms with E-state index in [0.29, 0.717) is 63.1 Å². The van der Waals surface area contributed by atoms with E-state index in [0.717, 1.165) is 6.07 Å². The van der Waals surface area contributed by atoms with Crippen molar-refractivity contribution >= 4 is 5.69 Å². The second kappa shape index (κ2) is 11.4. The molecule has 1 unspecified atom stereocenters. The fraction of sp³-hybridized carbons (Fsp3) is 0.478. The molecule has 0 saturated carbocycles. The smallest absolute Gasteiger partial charge is 0.416 e. The van der Waals surface area contributed by atoms with Crippen LogP contribution in [0.4, 0.5) is 18.9 Å². The number of benzene rings is 2. The highest BCUT2D eigenvalue weighted by atomic mass is 19.4. The molecule has 1 heterocycles. The third-order valence-corrected chi connectivity index (χ3v) is 5.23. The van der Waals surface area contributed by atoms with Crippen molar-refractivity contribution in [2.24, 2.45) is 0 Å². The Hall–Kier alpha value is -2.49. The number of hydrogen-bond acceptors (Lipinski definition) is 6. The van der Waals surface area contributed by atoms with Gasteiger partial charge in [0.2, 0.25) is 0 Å². The van der Waals surface area contributed by atoms with Crippen molar-refractivity contribution in [1.29, 1.82) is 0 Å². The van der Waals surface area contributed by atoms with E-state index in [9.17, 15) is 18.3 Å². The van der Waals surface area contributed by atoms with Gasteiger partial charge in [0, 0.05) is 44.5 Å². The van der Waals surface area contributed by atoms with E-state index in [2.05, 4.69) is 4.90 Å². The zero-order chi connectivity index (χ0) is 23.0. The number of hydrogen-bond donors (Lipinski definition) is 1. The van der Waals surface area contributed by atoms with Crippen LogP contribution in [0.2, 0.25) is 0 Å². The Morgan fingerprint density at radius 3 is 2.41 bits per heavy atom. The first-order valence-electron chi connectivity index (χ1n) is 10.5. The van der Waals surface area contributed by atoms with Crippen LogP contribution in [0.25, 0.3) is 0 Å². The van der Waals surface area contributed by atoms with Gasteiger partial charge in [0.05, 0.1) is 32.0 Å². The van der Waals surface area contributed by atoms with E-state index in [1.807, 2.05) is 23.1 Å². The summed E-state index contributed by atoms with van der Waals surface area (Å²) >= 11 is 0. The van der Waals surface area contributed by atoms with Crippen LogP contribution in [0.15, 0.2) is 48.5 Å². The van der Waals surface area contributed by atoms with Crippen molar-refractivity contribution in [1.82, 2.24) is 4.90 Å². The van der Waals surface area contributed by atoms with Crippen molar-refractivity contribution in [3.8, 4) is 11.5 Å². The summed E-state index contributed by atoms with van der Waals surface area (Å²) in [4.78, 5) is 4.02. The average molecular weight is 454 g/mol. The number of nitrogens with zero attached hydrogens (tertiary/aromatic N) is 2. The van der Waals surface area contributed by atoms with Crippen molar-refractivity contribution in [2.75, 3.05) is 64.6 Å². The van der Waals surface area contributed by atoms with Gasteiger partial charge in [0.15, 0.2) is 0 Å². The molecule has 1 atom stereocenters. The number of alkyl halides is 3. The van der Waals surface area contributed by atoms with Crippen LogP contribution in [0, 0.1) is 0 Å². The first-order valence-corrected chi connectivity index (χ1v) is 10.5. The fourth-order valence-corrected chi connectivity index (χ4v) is 3.55. The normalized spacial score (nSPS) is 16.1. The van der Waals surface area contributed by atoms with Gasteiger partial charge >= 0.3 is 6.18 Å². The highest BCUT2D eigenvalue weighted by molar-refractivity contribution is 5.49. The van der Waals surface area contributed by atoms with E-state index in [1.54, 1.807) is 19.2 Å². The Morgan fingerprint density at radius 1 is 0.969 bits per heavy atom. The average Bonchev–Trinajstić information content (AvgIpc) is 2.79. The topological polar surface area (TPSA) is 54.4 Å². The van der Waals surface area contributed by atoms with Crippen LogP contribution in [0.1, 0.15) is 5.56 Å². The van der Waals surface area contributed by atoms with Gasteiger partial charge in [-0.2, -0.15) is 13.2 Å². The van der Waals surface area contributed by atoms with E-state index in [4.69, 9.17) is 14.2 Å². The van der Waals surface area contributed by atoms with E-state index in [1.165, 1.54) is 12.1 Å². The van der Waals surface area contributed by atoms with Gasteiger partial charge in [-0.05, 0) is 30.3 Å². The number of piperazine rings is 1. The van der Waals surface area contributed by atoms with Gasteiger partial charge < -0.3 is 24.2 Å². The van der Waals surface area contributed by atoms with Crippen LogP contribution in [0.5, 0.6) is 11.5 Å². The maximum absolute atomic E-state index is 12.9. The monoisotopic (exact) mass is 454 g/mol. The quantitative estimate of drug-likeness (QED) is 0.556. The van der Waals surface area contributed by atoms with Gasteiger partial charge in [-0.3, -0.25) is 4.90 Å². The van der Waals surface area contributed by atoms with Gasteiger partial charge in [0.25, 0.3) is 0 Å². The minimum atomic E-state index is -4.35. The third kappa shape index (κ3) is 7.29. The van der Waals surface area contributed by atoms with Crippen molar-refractivity contribution < 1.29 is 32.5 Å². The lowest BCUT2D eigenvalue weighted by molar-refractivity contribution is -0.137. The SMILES string of the molecule is COc1cccc(OCCOCC(O)CN2CCN(c3cccc(C(F)(F)F)c3)CC2)c1. The Morgan fingerprint density at radius 2 is 1.69 bits per heavy atom. The molecule has 0 aliphatic carbocycles. The molecule has 0 spiro atoms. The number of methoxy groups -OCH3 is 1. The summed E-state index contributed by atoms with van der Waals surface area (Å²) in [5.41, 5.74) is -0.0697. The highest BCUT2D eigenvalue weighted by Crippen LogP contribution is 2.31. The minimum Gasteiger partial charge on any atom is -0.497 e. The van der Waals surface area contributed by atoms with Crippen LogP contribution in [-0.4, -0.2) is 75.8 Å². The lowest BCUT2D eigenvalue weighted by Crippen LogP contribution is -2.49. The second-order valence-corrected chi connectivity index (χ2v) is 7.59. The molecular weight excluding hydrogens is 425 g/mol. The fourth-order valence-electron chi connectivity index (χ4n) is 3.55. The third-order valence-electron chi connectivity index (χ3n) is 5.23. The Kier molecular flexibility index (Phi) is 8.60. The Balaban J connectivity index is 1.33. The van der Waals surface area contributed by atoms with Crippen LogP contribution in [-0.2, 0) is 10.9 Å². The molecule has 32 heavy (non-hydrogen) atoms. The van der Waals surface area contributed by atoms with Crippen LogP contribution in [0.3, 0.4) is 0 Å². The first kappa shape index (κ1) is 24.2. The molecule has 0 amide bonds. The Bertz CT molecular complexity index is 842. The summed E-state index contributed by atoms with van der Waals surface area (Å²) in [6.45, 7) is 3.86. The van der Waals surface area contributed by atoms with Crippen molar-refractivity contribution in [2.45, 2.75) is 12.3 Å². The largest absolute Gasteiger partial charge is 0.497 e. The molecule has 1 saturated heterocycles. The molecule has 0 bridgehead atoms. The lowest BCUT2D eigenvalue weighted by atomic mass is 10.1. The predicted octanol–water partition coefficient (Wildman–Crippen LogP) is 3.29. The Labute approximate surface area is 186 Å². The molecule has 1 aliphatic heterocycles. The van der Waals surface area contributed by atoms with Gasteiger partial charge in [0.1, 0.15) is 18.1 Å². The van der Waals surface area contributed by atoms with Crippen LogP contribution >= 0.6 is 0 Å². The molecule has 1 fully saturated rings. The van der Waals surface area contributed by atoms with E-state index < -0.39 is 17.8 Å². The number of rotatable bonds is 10. The van der Waals surface area contributed by atoms with Crippen LogP contribution < -0.4 is 14.4 Å². The van der Waals surface area contributed by atoms with E-state index >= 15 is 0 Å². The molecule has 6 nitrogen and oxygen atoms in total. The zero-order valence-corrected chi connectivity index (χ0v) is 18.1. The summed E-state index contributed by atoms with van der Waals surface area (Å²) in [7, 11) is 1.59. The molecular formula is C23H29F3N2O4. The number of anilines is 1. The summed E-state index contributed by atoms with van der Waals surface area (Å²) in [6, 6.07) is 12.7. The molecule has 1 aliphatic rings. The number of aliphatic hydroxyl groups excluding tert-OH is 1. The summed E-state index contributed by atoms with van der Waals surface area (Å²) in [6.07, 6.45) is -4.99. The van der Waals surface area contributed by atoms with E-state index in [-0.39, 0.29) is 6.61 Å². The van der Waals surface area contributed by atoms with Gasteiger partial charge in [-0.25, -0.2) is 0 Å². The van der Waals surface area contributed by atoms with Gasteiger partial charge in [-0.1, -0.05) is 12.1 Å². The number of aliphatic hydroxyl groups is 1. The molecule has 2 aromatic carbocycles. The molecule has 2 aromatic rings. The maximum Gasteiger partial charge on any atom is 0.416 e. The predicted molar refractivity (Wildman–Crippen MR) is 115 cm³/mol. The number of ether oxygens (including phenoxy) is 3. The summed E-state index contributed by atoms with van der Waals surface area (Å²) < 4.78 is 55.0. The minimum absolute atomic E-state index is 0.190. The second-order valence-electron chi connectivity index (χ2n) is 7.59. The maximum atomic E-state index is 12.9. The molecule has 9 heteroatoms. The standard InChI is InChI=1S/C23H29F3N2O4/c1-30-21-6-3-7-22(15-21)32-13-12-31-17-20(29)16-27-8-10-28(11-9-27)19-5-2-4-18(14-19)23(24,25)26/h2-7,14-15,20,29H,8-13,16-17H2,1H3. The van der Waals surface area contributed by atoms with Crippen molar-refractivity contribution in [3.63, 3.8) is 0 Å². The first-order chi connectivity index (χ1) is 15.3.